The van der Waals surface area contributed by atoms with Crippen LogP contribution in [-0.2, 0) is 19.1 Å². The van der Waals surface area contributed by atoms with Gasteiger partial charge in [-0.1, -0.05) is 67.8 Å². The number of amides is 3. The molecule has 3 aromatic heterocycles. The maximum atomic E-state index is 14.2. The second kappa shape index (κ2) is 33.3. The first kappa shape index (κ1) is 65.1. The number of ether oxygens (including phenoxy) is 2. The number of nitrogens with one attached hydrogen (secondary N) is 9. The Hall–Kier alpha value is -11.5. The summed E-state index contributed by atoms with van der Waals surface area (Å²) in [6, 6.07) is 42.7. The van der Waals surface area contributed by atoms with Gasteiger partial charge in [0.15, 0.2) is 34.8 Å². The Balaban J connectivity index is 0.000000191. The van der Waals surface area contributed by atoms with E-state index in [-0.39, 0.29) is 53.6 Å². The van der Waals surface area contributed by atoms with Crippen LogP contribution in [0.4, 0.5) is 99.7 Å². The Labute approximate surface area is 512 Å². The van der Waals surface area contributed by atoms with Crippen molar-refractivity contribution in [2.75, 3.05) is 88.8 Å². The van der Waals surface area contributed by atoms with Crippen molar-refractivity contribution in [1.82, 2.24) is 34.8 Å². The van der Waals surface area contributed by atoms with E-state index in [0.717, 1.165) is 46.7 Å². The summed E-state index contributed by atoms with van der Waals surface area (Å²) in [6.45, 7) is 12.0. The number of benzene rings is 6. The first-order valence-electron chi connectivity index (χ1n) is 27.3. The van der Waals surface area contributed by atoms with Crippen molar-refractivity contribution < 1.29 is 37.0 Å². The predicted molar refractivity (Wildman–Crippen MR) is 345 cm³/mol. The number of aryl methyl sites for hydroxylation is 2. The van der Waals surface area contributed by atoms with E-state index in [2.05, 4.69) is 90.9 Å². The monoisotopic (exact) mass is 1210 g/mol. The van der Waals surface area contributed by atoms with Crippen LogP contribution in [0.3, 0.4) is 0 Å². The largest absolute Gasteiger partial charge is 0.488 e. The number of carbonyl (C=O) groups is 3. The molecule has 0 saturated heterocycles. The smallest absolute Gasteiger partial charge is 0.248 e. The number of rotatable bonds is 24. The Kier molecular flexibility index (Phi) is 24.3. The average molecular weight is 1210 g/mol. The van der Waals surface area contributed by atoms with E-state index < -0.39 is 17.5 Å². The number of halogens is 3. The maximum Gasteiger partial charge on any atom is 0.248 e. The minimum atomic E-state index is -0.691. The summed E-state index contributed by atoms with van der Waals surface area (Å²) >= 11 is 0. The lowest BCUT2D eigenvalue weighted by atomic mass is 10.2. The molecule has 9 rings (SSSR count). The lowest BCUT2D eigenvalue weighted by Crippen LogP contribution is -2.13. The number of methoxy groups -OCH3 is 1. The van der Waals surface area contributed by atoms with Crippen LogP contribution in [0.15, 0.2) is 202 Å². The van der Waals surface area contributed by atoms with Crippen molar-refractivity contribution >= 4 is 104 Å². The van der Waals surface area contributed by atoms with Gasteiger partial charge in [-0.05, 0) is 137 Å². The molecule has 3 amide bonds. The standard InChI is InChI=1S/C23H25FN6O.C22H21F2N5O3.C20H19N5O/c1-16-7-4-8-17(13-16)27-22-20(24)15-25-23(29-22)28-19-10-5-9-18(14-19)26-21(31)11-6-12-30(2)3;1-3-20(30)26-14-5-4-6-15(11-14)27-21-18(24)13-25-22(29-21)28-16-7-8-19(17(23)12-16)32-10-9-31-2;1-3-18(26)22-16-10-7-11-17(12-16)23-19-14(2)13-21-20(25-19)24-15-8-5-4-6-9-15/h4-11,13-15H,12H2,1-3H3,(H,26,31)(H2,25,27,28,29);3-8,11-13H,1,9-10H2,2H3,(H,26,30)(H2,25,27,28,29);3-13H,1H2,2H3,(H,22,26)(H2,21,23,24,25)/b11-6+;;. The van der Waals surface area contributed by atoms with E-state index in [1.807, 2.05) is 112 Å². The highest BCUT2D eigenvalue weighted by Crippen LogP contribution is 2.28. The Bertz CT molecular complexity index is 3910. The van der Waals surface area contributed by atoms with Crippen LogP contribution >= 0.6 is 0 Å². The Morgan fingerprint density at radius 3 is 1.43 bits per heavy atom. The van der Waals surface area contributed by atoms with Crippen molar-refractivity contribution in [1.29, 1.82) is 0 Å². The van der Waals surface area contributed by atoms with Crippen molar-refractivity contribution in [2.45, 2.75) is 13.8 Å². The molecule has 89 heavy (non-hydrogen) atoms. The minimum absolute atomic E-state index is 0.0532. The first-order valence-corrected chi connectivity index (χ1v) is 27.3. The number of carbonyl (C=O) groups excluding carboxylic acids is 3. The number of para-hydroxylation sites is 1. The highest BCUT2D eigenvalue weighted by Gasteiger charge is 2.13. The molecule has 456 valence electrons. The van der Waals surface area contributed by atoms with Gasteiger partial charge in [0, 0.05) is 88.7 Å². The third-order valence-electron chi connectivity index (χ3n) is 11.8. The zero-order valence-corrected chi connectivity index (χ0v) is 49.2. The van der Waals surface area contributed by atoms with Gasteiger partial charge in [0.25, 0.3) is 0 Å². The van der Waals surface area contributed by atoms with Gasteiger partial charge >= 0.3 is 0 Å². The fourth-order valence-corrected chi connectivity index (χ4v) is 7.60. The predicted octanol–water partition coefficient (Wildman–Crippen LogP) is 13.3. The topological polar surface area (TPSA) is 259 Å². The van der Waals surface area contributed by atoms with Gasteiger partial charge in [-0.3, -0.25) is 14.4 Å². The number of aromatic nitrogens is 6. The second-order valence-electron chi connectivity index (χ2n) is 19.3. The number of likely N-dealkylation sites (N-methyl/N-ethyl adjacent to an activating group) is 1. The van der Waals surface area contributed by atoms with Gasteiger partial charge in [0.05, 0.1) is 19.0 Å². The highest BCUT2D eigenvalue weighted by molar-refractivity contribution is 6.00. The zero-order valence-electron chi connectivity index (χ0n) is 49.2. The fraction of sp³-hybridized carbons (Fsp3) is 0.123. The molecular weight excluding hydrogens is 1140 g/mol. The second-order valence-corrected chi connectivity index (χ2v) is 19.3. The Morgan fingerprint density at radius 1 is 0.483 bits per heavy atom. The third kappa shape index (κ3) is 21.8. The van der Waals surface area contributed by atoms with E-state index in [1.54, 1.807) is 66.9 Å². The van der Waals surface area contributed by atoms with Crippen LogP contribution in [0, 0.1) is 31.3 Å². The molecule has 0 fully saturated rings. The summed E-state index contributed by atoms with van der Waals surface area (Å²) in [7, 11) is 5.38. The molecule has 0 bridgehead atoms. The summed E-state index contributed by atoms with van der Waals surface area (Å²) in [5.74, 6) is -1.16. The van der Waals surface area contributed by atoms with Crippen molar-refractivity contribution in [3.63, 3.8) is 0 Å². The molecule has 0 aliphatic heterocycles. The minimum Gasteiger partial charge on any atom is -0.488 e. The zero-order chi connectivity index (χ0) is 63.5. The molecule has 0 aliphatic rings. The van der Waals surface area contributed by atoms with Crippen LogP contribution in [0.2, 0.25) is 0 Å². The van der Waals surface area contributed by atoms with Crippen LogP contribution < -0.4 is 52.6 Å². The first-order chi connectivity index (χ1) is 43.0. The summed E-state index contributed by atoms with van der Waals surface area (Å²) in [5.41, 5.74) is 7.69. The molecule has 0 aliphatic carbocycles. The molecular formula is C65H65F3N16O5. The lowest BCUT2D eigenvalue weighted by Gasteiger charge is -2.12. The van der Waals surface area contributed by atoms with Crippen molar-refractivity contribution in [3.8, 4) is 5.75 Å². The van der Waals surface area contributed by atoms with E-state index in [9.17, 15) is 27.6 Å². The van der Waals surface area contributed by atoms with Gasteiger partial charge in [0.2, 0.25) is 35.6 Å². The van der Waals surface area contributed by atoms with Crippen molar-refractivity contribution in [3.05, 3.63) is 230 Å². The van der Waals surface area contributed by atoms with Gasteiger partial charge in [-0.2, -0.15) is 15.0 Å². The van der Waals surface area contributed by atoms with Crippen molar-refractivity contribution in [2.24, 2.45) is 0 Å². The molecule has 9 N–H and O–H groups in total. The molecule has 0 unspecified atom stereocenters. The molecule has 24 heteroatoms. The summed E-state index contributed by atoms with van der Waals surface area (Å²) in [4.78, 5) is 61.9. The molecule has 3 heterocycles. The molecule has 0 saturated carbocycles. The van der Waals surface area contributed by atoms with Gasteiger partial charge in [-0.15, -0.1) is 0 Å². The van der Waals surface area contributed by atoms with Gasteiger partial charge < -0.3 is 62.2 Å². The van der Waals surface area contributed by atoms with Gasteiger partial charge in [-0.25, -0.2) is 28.1 Å². The molecule has 6 aromatic carbocycles. The molecule has 9 aromatic rings. The lowest BCUT2D eigenvalue weighted by molar-refractivity contribution is -0.112. The van der Waals surface area contributed by atoms with Crippen LogP contribution in [-0.4, -0.2) is 93.5 Å². The highest BCUT2D eigenvalue weighted by atomic mass is 19.1. The molecule has 0 radical (unpaired) electrons. The van der Waals surface area contributed by atoms with E-state index >= 15 is 0 Å². The van der Waals surface area contributed by atoms with E-state index in [1.165, 1.54) is 31.4 Å². The number of hydrogen-bond donors (Lipinski definition) is 9. The van der Waals surface area contributed by atoms with Crippen LogP contribution in [0.5, 0.6) is 5.75 Å². The summed E-state index contributed by atoms with van der Waals surface area (Å²) < 4.78 is 52.8. The van der Waals surface area contributed by atoms with Gasteiger partial charge in [0.1, 0.15) is 12.4 Å². The van der Waals surface area contributed by atoms with Crippen LogP contribution in [0.25, 0.3) is 0 Å². The maximum absolute atomic E-state index is 14.2. The number of nitrogens with zero attached hydrogens (tertiary/aromatic N) is 7. The molecule has 0 spiro atoms. The SMILES string of the molecule is C=CC(=O)Nc1cccc(Nc2nc(Nc3ccc(OCCOC)c(F)c3)ncc2F)c1.C=CC(=O)Nc1cccc(Nc2nc(Nc3ccccc3)ncc2C)c1.Cc1cccc(Nc2nc(Nc3cccc(NC(=O)/C=C/CN(C)C)c3)ncc2F)c1. The molecule has 21 nitrogen and oxygen atoms in total. The third-order valence-corrected chi connectivity index (χ3v) is 11.8. The normalized spacial score (nSPS) is 10.5. The average Bonchev–Trinajstić information content (AvgIpc) is 3.55. The van der Waals surface area contributed by atoms with E-state index in [0.29, 0.717) is 59.0 Å². The van der Waals surface area contributed by atoms with E-state index in [4.69, 9.17) is 9.47 Å². The summed E-state index contributed by atoms with van der Waals surface area (Å²) in [5, 5.41) is 26.2. The molecule has 0 atom stereocenters. The van der Waals surface area contributed by atoms with Crippen LogP contribution in [0.1, 0.15) is 11.1 Å². The fourth-order valence-electron chi connectivity index (χ4n) is 7.60. The Morgan fingerprint density at radius 2 is 0.921 bits per heavy atom. The quantitative estimate of drug-likeness (QED) is 0.0201. The number of anilines is 15. The number of hydrogen-bond acceptors (Lipinski definition) is 18. The summed E-state index contributed by atoms with van der Waals surface area (Å²) in [6.07, 6.45) is 9.50.